The van der Waals surface area contributed by atoms with Crippen LogP contribution < -0.4 is 4.90 Å². The molecule has 1 fully saturated rings. The molecule has 0 amide bonds. The van der Waals surface area contributed by atoms with Crippen molar-refractivity contribution in [2.75, 3.05) is 31.1 Å². The highest BCUT2D eigenvalue weighted by molar-refractivity contribution is 7.89. The van der Waals surface area contributed by atoms with Gasteiger partial charge in [-0.2, -0.15) is 4.31 Å². The molecule has 6 nitrogen and oxygen atoms in total. The molecule has 0 unspecified atom stereocenters. The minimum absolute atomic E-state index is 0.340. The van der Waals surface area contributed by atoms with Gasteiger partial charge in [0.15, 0.2) is 0 Å². The van der Waals surface area contributed by atoms with Gasteiger partial charge >= 0.3 is 0 Å². The highest BCUT2D eigenvalue weighted by atomic mass is 32.2. The van der Waals surface area contributed by atoms with Gasteiger partial charge in [-0.05, 0) is 17.7 Å². The molecule has 8 heteroatoms. The van der Waals surface area contributed by atoms with Gasteiger partial charge in [-0.15, -0.1) is 11.3 Å². The molecule has 1 aliphatic rings. The van der Waals surface area contributed by atoms with E-state index in [1.54, 1.807) is 46.2 Å². The summed E-state index contributed by atoms with van der Waals surface area (Å²) < 4.78 is 27.4. The Morgan fingerprint density at radius 3 is 2.20 bits per heavy atom. The van der Waals surface area contributed by atoms with Crippen LogP contribution in [-0.2, 0) is 10.0 Å². The van der Waals surface area contributed by atoms with Crippen LogP contribution in [-0.4, -0.2) is 48.9 Å². The van der Waals surface area contributed by atoms with E-state index in [0.717, 1.165) is 27.2 Å². The van der Waals surface area contributed by atoms with Crippen molar-refractivity contribution in [1.82, 2.24) is 14.3 Å². The van der Waals surface area contributed by atoms with E-state index in [4.69, 9.17) is 0 Å². The van der Waals surface area contributed by atoms with Crippen molar-refractivity contribution in [3.63, 3.8) is 0 Å². The van der Waals surface area contributed by atoms with Gasteiger partial charge < -0.3 is 4.90 Å². The van der Waals surface area contributed by atoms with Crippen molar-refractivity contribution in [1.29, 1.82) is 0 Å². The molecule has 2 aromatic carbocycles. The van der Waals surface area contributed by atoms with E-state index in [1.165, 1.54) is 0 Å². The number of benzene rings is 2. The van der Waals surface area contributed by atoms with Crippen LogP contribution in [0.3, 0.4) is 0 Å². The first-order valence-corrected chi connectivity index (χ1v) is 12.0. The van der Waals surface area contributed by atoms with Crippen molar-refractivity contribution in [2.45, 2.75) is 4.90 Å². The summed E-state index contributed by atoms with van der Waals surface area (Å²) in [6.07, 6.45) is 1.59. The molecule has 30 heavy (non-hydrogen) atoms. The van der Waals surface area contributed by atoms with Crippen LogP contribution >= 0.6 is 11.3 Å². The monoisotopic (exact) mass is 436 g/mol. The maximum Gasteiger partial charge on any atom is 0.243 e. The summed E-state index contributed by atoms with van der Waals surface area (Å²) in [5.41, 5.74) is 2.25. The minimum atomic E-state index is -3.47. The Balaban J connectivity index is 1.44. The number of thiophene rings is 1. The predicted octanol–water partition coefficient (Wildman–Crippen LogP) is 3.87. The topological polar surface area (TPSA) is 66.4 Å². The molecule has 3 heterocycles. The molecular weight excluding hydrogens is 416 g/mol. The number of rotatable bonds is 4. The van der Waals surface area contributed by atoms with Crippen LogP contribution in [0.15, 0.2) is 77.3 Å². The average Bonchev–Trinajstić information content (AvgIpc) is 3.25. The van der Waals surface area contributed by atoms with Gasteiger partial charge in [0.1, 0.15) is 17.0 Å². The number of hydrogen-bond acceptors (Lipinski definition) is 6. The number of anilines is 1. The van der Waals surface area contributed by atoms with Crippen LogP contribution in [0.2, 0.25) is 0 Å². The van der Waals surface area contributed by atoms with Crippen molar-refractivity contribution in [3.8, 4) is 11.1 Å². The third-order valence-corrected chi connectivity index (χ3v) is 8.15. The molecule has 0 aliphatic carbocycles. The molecule has 5 rings (SSSR count). The van der Waals surface area contributed by atoms with E-state index < -0.39 is 10.0 Å². The maximum atomic E-state index is 12.9. The molecular formula is C22H20N4O2S2. The number of nitrogens with zero attached hydrogens (tertiary/aromatic N) is 4. The largest absolute Gasteiger partial charge is 0.353 e. The zero-order chi connectivity index (χ0) is 20.6. The van der Waals surface area contributed by atoms with Gasteiger partial charge in [0.2, 0.25) is 10.0 Å². The lowest BCUT2D eigenvalue weighted by Gasteiger charge is -2.35. The number of fused-ring (bicyclic) bond motifs is 1. The number of piperazine rings is 1. The Kier molecular flexibility index (Phi) is 4.98. The maximum absolute atomic E-state index is 12.9. The van der Waals surface area contributed by atoms with E-state index in [1.807, 2.05) is 24.3 Å². The Labute approximate surface area is 179 Å². The Morgan fingerprint density at radius 1 is 0.833 bits per heavy atom. The molecule has 0 atom stereocenters. The molecule has 1 saturated heterocycles. The summed E-state index contributed by atoms with van der Waals surface area (Å²) in [6.45, 7) is 2.02. The fourth-order valence-corrected chi connectivity index (χ4v) is 6.16. The van der Waals surface area contributed by atoms with Crippen LogP contribution in [0, 0.1) is 0 Å². The smallest absolute Gasteiger partial charge is 0.243 e. The summed E-state index contributed by atoms with van der Waals surface area (Å²) in [5.74, 6) is 0.872. The lowest BCUT2D eigenvalue weighted by Crippen LogP contribution is -2.49. The van der Waals surface area contributed by atoms with Crippen LogP contribution in [0.5, 0.6) is 0 Å². The first kappa shape index (κ1) is 19.2. The lowest BCUT2D eigenvalue weighted by atomic mass is 10.1. The highest BCUT2D eigenvalue weighted by Gasteiger charge is 2.30. The van der Waals surface area contributed by atoms with Crippen molar-refractivity contribution in [2.24, 2.45) is 0 Å². The standard InChI is InChI=1S/C22H20N4O2S2/c27-30(28,18-9-5-2-6-10-18)26-13-11-25(12-14-26)21-20-19(17-7-3-1-4-8-17)15-29-22(20)24-16-23-21/h1-10,15-16H,11-14H2. The van der Waals surface area contributed by atoms with Crippen LogP contribution in [0.25, 0.3) is 21.3 Å². The van der Waals surface area contributed by atoms with Crippen molar-refractivity contribution in [3.05, 3.63) is 72.4 Å². The minimum Gasteiger partial charge on any atom is -0.353 e. The Hall–Kier alpha value is -2.81. The molecule has 0 N–H and O–H groups in total. The normalized spacial score (nSPS) is 15.5. The third-order valence-electron chi connectivity index (χ3n) is 5.35. The van der Waals surface area contributed by atoms with E-state index in [0.29, 0.717) is 31.1 Å². The Morgan fingerprint density at radius 2 is 1.50 bits per heavy atom. The fourth-order valence-electron chi connectivity index (χ4n) is 3.81. The summed E-state index contributed by atoms with van der Waals surface area (Å²) in [5, 5.41) is 3.15. The average molecular weight is 437 g/mol. The molecule has 2 aromatic heterocycles. The molecule has 4 aromatic rings. The first-order valence-electron chi connectivity index (χ1n) is 9.72. The summed E-state index contributed by atoms with van der Waals surface area (Å²) in [6, 6.07) is 18.8. The second kappa shape index (κ2) is 7.79. The van der Waals surface area contributed by atoms with Gasteiger partial charge in [0.25, 0.3) is 0 Å². The predicted molar refractivity (Wildman–Crippen MR) is 120 cm³/mol. The second-order valence-electron chi connectivity index (χ2n) is 7.10. The van der Waals surface area contributed by atoms with E-state index >= 15 is 0 Å². The van der Waals surface area contributed by atoms with Gasteiger partial charge in [0.05, 0.1) is 10.3 Å². The fraction of sp³-hybridized carbons (Fsp3) is 0.182. The third kappa shape index (κ3) is 3.36. The van der Waals surface area contributed by atoms with Crippen LogP contribution in [0.1, 0.15) is 0 Å². The quantitative estimate of drug-likeness (QED) is 0.486. The second-order valence-corrected chi connectivity index (χ2v) is 9.89. The zero-order valence-electron chi connectivity index (χ0n) is 16.2. The van der Waals surface area contributed by atoms with Crippen molar-refractivity contribution < 1.29 is 8.42 Å². The highest BCUT2D eigenvalue weighted by Crippen LogP contribution is 2.38. The number of hydrogen-bond donors (Lipinski definition) is 0. The van der Waals surface area contributed by atoms with Crippen LogP contribution in [0.4, 0.5) is 5.82 Å². The number of sulfonamides is 1. The number of aromatic nitrogens is 2. The van der Waals surface area contributed by atoms with Crippen molar-refractivity contribution >= 4 is 37.4 Å². The van der Waals surface area contributed by atoms with Gasteiger partial charge in [0, 0.05) is 37.1 Å². The molecule has 0 saturated carbocycles. The van der Waals surface area contributed by atoms with Gasteiger partial charge in [-0.3, -0.25) is 0 Å². The summed E-state index contributed by atoms with van der Waals surface area (Å²) in [4.78, 5) is 12.5. The van der Waals surface area contributed by atoms with E-state index in [2.05, 4.69) is 32.4 Å². The van der Waals surface area contributed by atoms with Gasteiger partial charge in [-0.25, -0.2) is 18.4 Å². The summed E-state index contributed by atoms with van der Waals surface area (Å²) in [7, 11) is -3.47. The first-order chi connectivity index (χ1) is 14.6. The summed E-state index contributed by atoms with van der Waals surface area (Å²) >= 11 is 1.60. The molecule has 1 aliphatic heterocycles. The molecule has 0 bridgehead atoms. The zero-order valence-corrected chi connectivity index (χ0v) is 17.8. The van der Waals surface area contributed by atoms with Gasteiger partial charge in [-0.1, -0.05) is 48.5 Å². The molecule has 0 spiro atoms. The molecule has 0 radical (unpaired) electrons. The van der Waals surface area contributed by atoms with E-state index in [-0.39, 0.29) is 0 Å². The Bertz CT molecular complexity index is 1270. The lowest BCUT2D eigenvalue weighted by molar-refractivity contribution is 0.384. The van der Waals surface area contributed by atoms with E-state index in [9.17, 15) is 8.42 Å². The molecule has 152 valence electrons. The SMILES string of the molecule is O=S(=O)(c1ccccc1)N1CCN(c2ncnc3scc(-c4ccccc4)c23)CC1.